The summed E-state index contributed by atoms with van der Waals surface area (Å²) in [5.41, 5.74) is -1.38. The third kappa shape index (κ3) is 2.23. The van der Waals surface area contributed by atoms with Crippen molar-refractivity contribution < 1.29 is 18.0 Å². The molecular formula is C10H15N3O4S. The average Bonchev–Trinajstić information content (AvgIpc) is 2.25. The summed E-state index contributed by atoms with van der Waals surface area (Å²) < 4.78 is 25.3. The molecule has 0 radical (unpaired) electrons. The van der Waals surface area contributed by atoms with Crippen LogP contribution in [0.4, 0.5) is 0 Å². The van der Waals surface area contributed by atoms with E-state index < -0.39 is 39.2 Å². The van der Waals surface area contributed by atoms with Crippen molar-refractivity contribution in [1.29, 1.82) is 5.26 Å². The van der Waals surface area contributed by atoms with Crippen molar-refractivity contribution in [1.82, 2.24) is 9.62 Å². The molecule has 0 aromatic carbocycles. The van der Waals surface area contributed by atoms with Gasteiger partial charge in [0.1, 0.15) is 5.54 Å². The molecule has 18 heavy (non-hydrogen) atoms. The molecule has 0 bridgehead atoms. The summed E-state index contributed by atoms with van der Waals surface area (Å²) in [6, 6.07) is 1.68. The number of carbonyl (C=O) groups excluding carboxylic acids is 2. The molecule has 1 atom stereocenters. The lowest BCUT2D eigenvalue weighted by Gasteiger charge is -2.39. The number of carbonyl (C=O) groups is 2. The fourth-order valence-corrected chi connectivity index (χ4v) is 3.57. The number of hydrogen-bond acceptors (Lipinski definition) is 5. The molecule has 1 aliphatic rings. The normalized spacial score (nSPS) is 22.1. The summed E-state index contributed by atoms with van der Waals surface area (Å²) in [5, 5.41) is 9.68. The topological polar surface area (TPSA) is 107 Å². The van der Waals surface area contributed by atoms with E-state index in [-0.39, 0.29) is 6.42 Å². The standard InChI is InChI=1S/C10H15N3O4S/c1-4-7(5-11)18(16,17)13-6-8(14)12-9(15)10(13,2)3/h7H,4,6H2,1-3H3,(H,12,14,15). The molecule has 1 rings (SSSR count). The average molecular weight is 273 g/mol. The zero-order valence-corrected chi connectivity index (χ0v) is 11.2. The summed E-state index contributed by atoms with van der Waals surface area (Å²) in [6.07, 6.45) is 0.0984. The van der Waals surface area contributed by atoms with Crippen LogP contribution < -0.4 is 5.32 Å². The number of piperazine rings is 1. The first-order valence-corrected chi connectivity index (χ1v) is 6.93. The number of sulfonamides is 1. The van der Waals surface area contributed by atoms with E-state index in [9.17, 15) is 18.0 Å². The van der Waals surface area contributed by atoms with E-state index in [1.807, 2.05) is 0 Å². The van der Waals surface area contributed by atoms with Gasteiger partial charge in [0, 0.05) is 0 Å². The van der Waals surface area contributed by atoms with Gasteiger partial charge in [-0.25, -0.2) is 8.42 Å². The zero-order chi connectivity index (χ0) is 14.1. The highest BCUT2D eigenvalue weighted by atomic mass is 32.2. The molecule has 1 unspecified atom stereocenters. The maximum Gasteiger partial charge on any atom is 0.247 e. The van der Waals surface area contributed by atoms with E-state index in [2.05, 4.69) is 5.32 Å². The van der Waals surface area contributed by atoms with Gasteiger partial charge < -0.3 is 0 Å². The Balaban J connectivity index is 3.26. The minimum atomic E-state index is -4.01. The molecule has 0 spiro atoms. The van der Waals surface area contributed by atoms with Crippen LogP contribution >= 0.6 is 0 Å². The Morgan fingerprint density at radius 3 is 2.50 bits per heavy atom. The summed E-state index contributed by atoms with van der Waals surface area (Å²) >= 11 is 0. The van der Waals surface area contributed by atoms with Crippen LogP contribution in [0, 0.1) is 11.3 Å². The summed E-state index contributed by atoms with van der Waals surface area (Å²) in [4.78, 5) is 23.0. The molecule has 0 saturated carbocycles. The Hall–Kier alpha value is -1.46. The van der Waals surface area contributed by atoms with Crippen LogP contribution in [0.2, 0.25) is 0 Å². The largest absolute Gasteiger partial charge is 0.294 e. The third-order valence-corrected chi connectivity index (χ3v) is 5.26. The first-order chi connectivity index (χ1) is 8.17. The van der Waals surface area contributed by atoms with E-state index >= 15 is 0 Å². The maximum atomic E-state index is 12.2. The molecule has 100 valence electrons. The molecule has 8 heteroatoms. The van der Waals surface area contributed by atoms with Crippen LogP contribution in [0.3, 0.4) is 0 Å². The van der Waals surface area contributed by atoms with Crippen molar-refractivity contribution in [2.24, 2.45) is 0 Å². The highest BCUT2D eigenvalue weighted by Crippen LogP contribution is 2.25. The van der Waals surface area contributed by atoms with Crippen molar-refractivity contribution in [2.45, 2.75) is 38.0 Å². The lowest BCUT2D eigenvalue weighted by Crippen LogP contribution is -2.66. The Bertz CT molecular complexity index is 518. The smallest absolute Gasteiger partial charge is 0.247 e. The molecular weight excluding hydrogens is 258 g/mol. The number of imide groups is 1. The highest BCUT2D eigenvalue weighted by Gasteiger charge is 2.49. The summed E-state index contributed by atoms with van der Waals surface area (Å²) in [6.45, 7) is 3.91. The van der Waals surface area contributed by atoms with Crippen LogP contribution in [0.5, 0.6) is 0 Å². The van der Waals surface area contributed by atoms with Gasteiger partial charge in [-0.05, 0) is 20.3 Å². The molecule has 0 aromatic heterocycles. The SMILES string of the molecule is CCC(C#N)S(=O)(=O)N1CC(=O)NC(=O)C1(C)C. The fourth-order valence-electron chi connectivity index (χ4n) is 1.69. The third-order valence-electron chi connectivity index (χ3n) is 2.90. The second-order valence-electron chi connectivity index (χ2n) is 4.51. The Kier molecular flexibility index (Phi) is 3.78. The first-order valence-electron chi connectivity index (χ1n) is 5.43. The van der Waals surface area contributed by atoms with Crippen molar-refractivity contribution in [3.05, 3.63) is 0 Å². The molecule has 1 aliphatic heterocycles. The monoisotopic (exact) mass is 273 g/mol. The molecule has 1 N–H and O–H groups in total. The van der Waals surface area contributed by atoms with Crippen LogP contribution in [0.25, 0.3) is 0 Å². The number of nitrogens with zero attached hydrogens (tertiary/aromatic N) is 2. The Morgan fingerprint density at radius 1 is 1.50 bits per heavy atom. The number of amides is 2. The van der Waals surface area contributed by atoms with Gasteiger partial charge in [0.05, 0.1) is 12.6 Å². The van der Waals surface area contributed by atoms with Gasteiger partial charge in [-0.2, -0.15) is 9.57 Å². The quantitative estimate of drug-likeness (QED) is 0.688. The first kappa shape index (κ1) is 14.6. The number of nitrogens with one attached hydrogen (secondary N) is 1. The molecule has 0 aromatic rings. The minimum Gasteiger partial charge on any atom is -0.294 e. The van der Waals surface area contributed by atoms with Gasteiger partial charge in [-0.15, -0.1) is 0 Å². The lowest BCUT2D eigenvalue weighted by molar-refractivity contribution is -0.141. The van der Waals surface area contributed by atoms with Crippen LogP contribution in [-0.2, 0) is 19.6 Å². The number of rotatable bonds is 3. The molecule has 1 saturated heterocycles. The zero-order valence-electron chi connectivity index (χ0n) is 10.4. The number of nitriles is 1. The minimum absolute atomic E-state index is 0.0984. The van der Waals surface area contributed by atoms with E-state index in [1.165, 1.54) is 13.8 Å². The van der Waals surface area contributed by atoms with E-state index in [0.717, 1.165) is 4.31 Å². The van der Waals surface area contributed by atoms with Gasteiger partial charge >= 0.3 is 0 Å². The van der Waals surface area contributed by atoms with E-state index in [1.54, 1.807) is 13.0 Å². The van der Waals surface area contributed by atoms with Crippen LogP contribution in [0.1, 0.15) is 27.2 Å². The predicted octanol–water partition coefficient (Wildman–Crippen LogP) is -0.645. The van der Waals surface area contributed by atoms with Gasteiger partial charge in [-0.1, -0.05) is 6.92 Å². The van der Waals surface area contributed by atoms with Gasteiger partial charge in [0.15, 0.2) is 5.25 Å². The highest BCUT2D eigenvalue weighted by molar-refractivity contribution is 7.90. The number of hydrogen-bond donors (Lipinski definition) is 1. The molecule has 0 aliphatic carbocycles. The van der Waals surface area contributed by atoms with Gasteiger partial charge in [0.2, 0.25) is 21.8 Å². The van der Waals surface area contributed by atoms with Crippen molar-refractivity contribution >= 4 is 21.8 Å². The maximum absolute atomic E-state index is 12.2. The van der Waals surface area contributed by atoms with E-state index in [0.29, 0.717) is 0 Å². The molecule has 2 amide bonds. The van der Waals surface area contributed by atoms with Crippen LogP contribution in [0.15, 0.2) is 0 Å². The predicted molar refractivity (Wildman–Crippen MR) is 62.5 cm³/mol. The van der Waals surface area contributed by atoms with Gasteiger partial charge in [0.25, 0.3) is 0 Å². The van der Waals surface area contributed by atoms with Crippen molar-refractivity contribution in [3.63, 3.8) is 0 Å². The molecule has 1 heterocycles. The van der Waals surface area contributed by atoms with E-state index in [4.69, 9.17) is 5.26 Å². The molecule has 7 nitrogen and oxygen atoms in total. The molecule has 1 fully saturated rings. The summed E-state index contributed by atoms with van der Waals surface area (Å²) in [7, 11) is -4.01. The summed E-state index contributed by atoms with van der Waals surface area (Å²) in [5.74, 6) is -1.37. The fraction of sp³-hybridized carbons (Fsp3) is 0.700. The second kappa shape index (κ2) is 4.66. The lowest BCUT2D eigenvalue weighted by atomic mass is 10.0. The van der Waals surface area contributed by atoms with Crippen molar-refractivity contribution in [2.75, 3.05) is 6.54 Å². The van der Waals surface area contributed by atoms with Gasteiger partial charge in [-0.3, -0.25) is 14.9 Å². The van der Waals surface area contributed by atoms with Crippen molar-refractivity contribution in [3.8, 4) is 6.07 Å². The van der Waals surface area contributed by atoms with Crippen LogP contribution in [-0.4, -0.2) is 41.9 Å². The Labute approximate surface area is 106 Å². The Morgan fingerprint density at radius 2 is 2.06 bits per heavy atom. The second-order valence-corrected chi connectivity index (χ2v) is 6.55.